The predicted octanol–water partition coefficient (Wildman–Crippen LogP) is 5.76. The van der Waals surface area contributed by atoms with Crippen LogP contribution in [0.15, 0.2) is 58.8 Å². The van der Waals surface area contributed by atoms with E-state index in [0.29, 0.717) is 72.7 Å². The van der Waals surface area contributed by atoms with E-state index in [4.69, 9.17) is 0 Å². The summed E-state index contributed by atoms with van der Waals surface area (Å²) < 4.78 is 3.98. The highest BCUT2D eigenvalue weighted by molar-refractivity contribution is 6.06. The minimum atomic E-state index is -0.219. The summed E-state index contributed by atoms with van der Waals surface area (Å²) in [6.07, 6.45) is 5.79. The molecule has 298 valence electrons. The highest BCUT2D eigenvalue weighted by atomic mass is 16.2. The molecule has 1 aromatic carbocycles. The van der Waals surface area contributed by atoms with E-state index in [2.05, 4.69) is 79.4 Å². The molecule has 0 bridgehead atoms. The summed E-state index contributed by atoms with van der Waals surface area (Å²) >= 11 is 0. The molecule has 14 nitrogen and oxygen atoms in total. The van der Waals surface area contributed by atoms with Gasteiger partial charge in [-0.1, -0.05) is 27.7 Å². The van der Waals surface area contributed by atoms with Gasteiger partial charge < -0.3 is 50.8 Å². The molecule has 2 heterocycles. The van der Waals surface area contributed by atoms with Gasteiger partial charge in [-0.05, 0) is 103 Å². The molecule has 0 radical (unpaired) electrons. The lowest BCUT2D eigenvalue weighted by atomic mass is 10.1. The first kappa shape index (κ1) is 43.6. The first-order valence-corrected chi connectivity index (χ1v) is 19.3. The number of hydrogen-bond donors (Lipinski definition) is 6. The number of rotatable bonds is 20. The number of likely N-dealkylation sites (N-methyl/N-ethyl adjacent to an activating group) is 2. The summed E-state index contributed by atoms with van der Waals surface area (Å²) in [7, 11) is 8.09. The minimum absolute atomic E-state index is 0.219. The van der Waals surface area contributed by atoms with Crippen LogP contribution in [0.1, 0.15) is 75.4 Å². The van der Waals surface area contributed by atoms with Crippen LogP contribution in [0.5, 0.6) is 0 Å². The van der Waals surface area contributed by atoms with Gasteiger partial charge in [0.2, 0.25) is 0 Å². The number of hydrogen-bond acceptors (Lipinski definition) is 6. The molecule has 0 unspecified atom stereocenters. The molecule has 3 rings (SSSR count). The van der Waals surface area contributed by atoms with E-state index in [0.717, 1.165) is 50.4 Å². The lowest BCUT2D eigenvalue weighted by Crippen LogP contribution is -2.31. The number of aliphatic imine (C=N–C) groups is 2. The Morgan fingerprint density at radius 3 is 1.30 bits per heavy atom. The van der Waals surface area contributed by atoms with Gasteiger partial charge in [-0.25, -0.2) is 0 Å². The molecule has 14 heteroatoms. The molecule has 0 aliphatic rings. The molecule has 0 atom stereocenters. The van der Waals surface area contributed by atoms with Crippen molar-refractivity contribution in [2.24, 2.45) is 21.8 Å². The van der Waals surface area contributed by atoms with Gasteiger partial charge >= 0.3 is 0 Å². The van der Waals surface area contributed by atoms with Crippen molar-refractivity contribution in [3.8, 4) is 0 Å². The van der Waals surface area contributed by atoms with Crippen molar-refractivity contribution in [2.75, 3.05) is 88.7 Å². The number of nitrogens with one attached hydrogen (secondary N) is 6. The quantitative estimate of drug-likeness (QED) is 0.0632. The van der Waals surface area contributed by atoms with Crippen LogP contribution in [0, 0.1) is 11.8 Å². The van der Waals surface area contributed by atoms with Crippen LogP contribution in [0.25, 0.3) is 0 Å². The Bertz CT molecular complexity index is 1530. The van der Waals surface area contributed by atoms with E-state index in [1.807, 2.05) is 75.7 Å². The fourth-order valence-corrected chi connectivity index (χ4v) is 5.34. The van der Waals surface area contributed by atoms with Gasteiger partial charge in [0, 0.05) is 63.0 Å². The monoisotopic (exact) mass is 747 g/mol. The van der Waals surface area contributed by atoms with Crippen molar-refractivity contribution in [3.05, 3.63) is 60.2 Å². The van der Waals surface area contributed by atoms with Crippen LogP contribution in [-0.4, -0.2) is 110 Å². The Balaban J connectivity index is 1.75. The number of carbonyl (C=O) groups excluding carboxylic acids is 2. The molecule has 0 aliphatic heterocycles. The molecule has 3 aromatic rings. The van der Waals surface area contributed by atoms with Crippen molar-refractivity contribution in [3.63, 3.8) is 0 Å². The number of guanidine groups is 2. The number of carbonyl (C=O) groups is 2. The number of aromatic nitrogens is 2. The maximum Gasteiger partial charge on any atom is 0.272 e. The third-order valence-electron chi connectivity index (χ3n) is 8.40. The standard InChI is InChI=1S/C40H66N12O2/c1-11-41-39(43-19-23-49(7)8)47-33-25-35(51(27-33)21-17-29(3)4)37(53)45-31-13-15-32(16-14-31)46-38(54)36-26-34(28-52(36)22-18-30(5)6)48-40(42-12-2)44-20-24-50(9)10/h13-16,25-30H,11-12,17-24H2,1-10H3,(H,45,53)(H,46,54)(H2,41,43,47)(H2,42,44,48). The average molecular weight is 747 g/mol. The molecule has 2 aromatic heterocycles. The molecule has 0 fully saturated rings. The fraction of sp³-hybridized carbons (Fsp3) is 0.550. The first-order valence-electron chi connectivity index (χ1n) is 19.3. The molecule has 0 spiro atoms. The fourth-order valence-electron chi connectivity index (χ4n) is 5.34. The Hall–Kier alpha value is -4.82. The highest BCUT2D eigenvalue weighted by Gasteiger charge is 2.18. The van der Waals surface area contributed by atoms with Gasteiger partial charge in [0.05, 0.1) is 24.5 Å². The van der Waals surface area contributed by atoms with Crippen LogP contribution in [0.2, 0.25) is 0 Å². The van der Waals surface area contributed by atoms with Crippen molar-refractivity contribution >= 4 is 46.5 Å². The number of nitrogens with zero attached hydrogens (tertiary/aromatic N) is 6. The molecule has 6 N–H and O–H groups in total. The van der Waals surface area contributed by atoms with E-state index in [1.165, 1.54) is 0 Å². The van der Waals surface area contributed by atoms with E-state index in [-0.39, 0.29) is 11.8 Å². The zero-order valence-corrected chi connectivity index (χ0v) is 34.3. The second-order valence-electron chi connectivity index (χ2n) is 14.8. The number of anilines is 4. The van der Waals surface area contributed by atoms with E-state index in [1.54, 1.807) is 24.3 Å². The van der Waals surface area contributed by atoms with Crippen LogP contribution < -0.4 is 31.9 Å². The predicted molar refractivity (Wildman–Crippen MR) is 226 cm³/mol. The molecule has 0 saturated heterocycles. The zero-order valence-electron chi connectivity index (χ0n) is 34.3. The largest absolute Gasteiger partial charge is 0.356 e. The lowest BCUT2D eigenvalue weighted by Gasteiger charge is -2.12. The molecular weight excluding hydrogens is 681 g/mol. The summed E-state index contributed by atoms with van der Waals surface area (Å²) in [5, 5.41) is 19.4. The van der Waals surface area contributed by atoms with Crippen molar-refractivity contribution in [2.45, 2.75) is 67.5 Å². The van der Waals surface area contributed by atoms with Gasteiger partial charge in [-0.3, -0.25) is 19.6 Å². The van der Waals surface area contributed by atoms with E-state index < -0.39 is 0 Å². The minimum Gasteiger partial charge on any atom is -0.356 e. The van der Waals surface area contributed by atoms with Crippen LogP contribution in [0.4, 0.5) is 22.7 Å². The normalized spacial score (nSPS) is 12.2. The van der Waals surface area contributed by atoms with Crippen molar-refractivity contribution in [1.82, 2.24) is 29.6 Å². The maximum atomic E-state index is 13.6. The highest BCUT2D eigenvalue weighted by Crippen LogP contribution is 2.22. The van der Waals surface area contributed by atoms with Crippen molar-refractivity contribution < 1.29 is 9.59 Å². The van der Waals surface area contributed by atoms with Gasteiger partial charge in [0.25, 0.3) is 11.8 Å². The molecule has 0 saturated carbocycles. The first-order chi connectivity index (χ1) is 25.8. The molecule has 54 heavy (non-hydrogen) atoms. The Kier molecular flexibility index (Phi) is 18.1. The third kappa shape index (κ3) is 15.3. The number of amides is 2. The van der Waals surface area contributed by atoms with E-state index >= 15 is 0 Å². The van der Waals surface area contributed by atoms with Crippen LogP contribution >= 0.6 is 0 Å². The second-order valence-corrected chi connectivity index (χ2v) is 14.8. The van der Waals surface area contributed by atoms with Crippen LogP contribution in [0.3, 0.4) is 0 Å². The molecule has 2 amide bonds. The van der Waals surface area contributed by atoms with Gasteiger partial charge in [-0.2, -0.15) is 0 Å². The Morgan fingerprint density at radius 1 is 0.611 bits per heavy atom. The Labute approximate surface area is 323 Å². The van der Waals surface area contributed by atoms with E-state index in [9.17, 15) is 9.59 Å². The summed E-state index contributed by atoms with van der Waals surface area (Å²) in [5.41, 5.74) is 3.92. The van der Waals surface area contributed by atoms with Gasteiger partial charge in [0.15, 0.2) is 11.9 Å². The maximum absolute atomic E-state index is 13.6. The molecule has 0 aliphatic carbocycles. The Morgan fingerprint density at radius 2 is 0.981 bits per heavy atom. The van der Waals surface area contributed by atoms with Crippen LogP contribution in [-0.2, 0) is 13.1 Å². The van der Waals surface area contributed by atoms with Gasteiger partial charge in [0.1, 0.15) is 11.4 Å². The lowest BCUT2D eigenvalue weighted by molar-refractivity contribution is 0.100. The number of aryl methyl sites for hydroxylation is 2. The zero-order chi connectivity index (χ0) is 39.6. The summed E-state index contributed by atoms with van der Waals surface area (Å²) in [4.78, 5) is 40.8. The smallest absolute Gasteiger partial charge is 0.272 e. The SMILES string of the molecule is CCNC(=NCCN(C)C)Nc1cc(C(=O)Nc2ccc(NC(=O)c3cc(NC(=NCCN(C)C)NCC)cn3CCC(C)C)cc2)n(CCC(C)C)c1. The average Bonchev–Trinajstić information content (AvgIpc) is 3.70. The second kappa shape index (κ2) is 22.4. The topological polar surface area (TPSA) is 147 Å². The molecular formula is C40H66N12O2. The summed E-state index contributed by atoms with van der Waals surface area (Å²) in [6.45, 7) is 18.6. The van der Waals surface area contributed by atoms with Crippen molar-refractivity contribution in [1.29, 1.82) is 0 Å². The van der Waals surface area contributed by atoms with Gasteiger partial charge in [-0.15, -0.1) is 0 Å². The summed E-state index contributed by atoms with van der Waals surface area (Å²) in [5.74, 6) is 1.87. The summed E-state index contributed by atoms with van der Waals surface area (Å²) in [6, 6.07) is 10.9. The number of benzene rings is 1. The third-order valence-corrected chi connectivity index (χ3v) is 8.40.